The van der Waals surface area contributed by atoms with Gasteiger partial charge >= 0.3 is 5.97 Å². The van der Waals surface area contributed by atoms with Crippen LogP contribution in [0.5, 0.6) is 0 Å². The molecule has 1 aromatic rings. The molecular formula is C12H14BrNO4S. The molecular weight excluding hydrogens is 334 g/mol. The van der Waals surface area contributed by atoms with Gasteiger partial charge < -0.3 is 4.74 Å². The lowest BCUT2D eigenvalue weighted by Crippen LogP contribution is -2.08. The fourth-order valence-electron chi connectivity index (χ4n) is 1.43. The second-order valence-corrected chi connectivity index (χ2v) is 6.13. The smallest absolute Gasteiger partial charge is 0.306 e. The molecule has 0 fully saturated rings. The quantitative estimate of drug-likeness (QED) is 0.447. The van der Waals surface area contributed by atoms with Crippen LogP contribution < -0.4 is 0 Å². The van der Waals surface area contributed by atoms with E-state index in [0.717, 1.165) is 5.56 Å². The lowest BCUT2D eigenvalue weighted by atomic mass is 10.2. The molecule has 0 radical (unpaired) electrons. The molecule has 0 saturated heterocycles. The van der Waals surface area contributed by atoms with E-state index < -0.39 is 4.92 Å². The molecule has 104 valence electrons. The Morgan fingerprint density at radius 2 is 2.26 bits per heavy atom. The van der Waals surface area contributed by atoms with Crippen molar-refractivity contribution in [2.24, 2.45) is 0 Å². The fraction of sp³-hybridized carbons (Fsp3) is 0.417. The second kappa shape index (κ2) is 7.49. The zero-order valence-corrected chi connectivity index (χ0v) is 13.0. The number of nitrogens with zero attached hydrogens (tertiary/aromatic N) is 1. The number of ether oxygens (including phenoxy) is 1. The first kappa shape index (κ1) is 16.0. The van der Waals surface area contributed by atoms with Gasteiger partial charge in [0, 0.05) is 17.1 Å². The van der Waals surface area contributed by atoms with Crippen LogP contribution in [0.3, 0.4) is 0 Å². The van der Waals surface area contributed by atoms with Crippen LogP contribution in [0.2, 0.25) is 0 Å². The highest BCUT2D eigenvalue weighted by Crippen LogP contribution is 2.32. The van der Waals surface area contributed by atoms with Gasteiger partial charge in [-0.05, 0) is 21.5 Å². The van der Waals surface area contributed by atoms with Gasteiger partial charge in [-0.15, -0.1) is 0 Å². The molecule has 1 rings (SSSR count). The highest BCUT2D eigenvalue weighted by Gasteiger charge is 2.16. The normalized spacial score (nSPS) is 11.9. The van der Waals surface area contributed by atoms with E-state index in [2.05, 4.69) is 20.7 Å². The van der Waals surface area contributed by atoms with Crippen molar-refractivity contribution in [3.8, 4) is 0 Å². The number of hydrogen-bond donors (Lipinski definition) is 0. The van der Waals surface area contributed by atoms with Gasteiger partial charge in [0.25, 0.3) is 5.69 Å². The second-order valence-electron chi connectivity index (χ2n) is 3.91. The average Bonchev–Trinajstić information content (AvgIpc) is 2.37. The van der Waals surface area contributed by atoms with Crippen LogP contribution in [0.15, 0.2) is 22.7 Å². The van der Waals surface area contributed by atoms with E-state index in [-0.39, 0.29) is 16.9 Å². The summed E-state index contributed by atoms with van der Waals surface area (Å²) < 4.78 is 5.09. The fourth-order valence-corrected chi connectivity index (χ4v) is 3.12. The Balaban J connectivity index is 2.65. The Morgan fingerprint density at radius 1 is 1.58 bits per heavy atom. The maximum Gasteiger partial charge on any atom is 0.306 e. The number of esters is 1. The minimum absolute atomic E-state index is 0.0544. The number of halogens is 1. The minimum Gasteiger partial charge on any atom is -0.469 e. The van der Waals surface area contributed by atoms with E-state index in [4.69, 9.17) is 0 Å². The van der Waals surface area contributed by atoms with Crippen LogP contribution >= 0.6 is 27.7 Å². The highest BCUT2D eigenvalue weighted by molar-refractivity contribution is 9.10. The van der Waals surface area contributed by atoms with Crippen molar-refractivity contribution < 1.29 is 14.5 Å². The molecule has 0 N–H and O–H groups in total. The summed E-state index contributed by atoms with van der Waals surface area (Å²) in [7, 11) is 1.36. The average molecular weight is 348 g/mol. The van der Waals surface area contributed by atoms with Crippen molar-refractivity contribution >= 4 is 39.3 Å². The summed E-state index contributed by atoms with van der Waals surface area (Å²) in [4.78, 5) is 21.5. The molecule has 0 aliphatic carbocycles. The van der Waals surface area contributed by atoms with Crippen LogP contribution in [0, 0.1) is 10.1 Å². The number of nitro benzene ring substituents is 1. The van der Waals surface area contributed by atoms with Gasteiger partial charge in [0.05, 0.1) is 22.9 Å². The lowest BCUT2D eigenvalue weighted by molar-refractivity contribution is -0.385. The predicted octanol–water partition coefficient (Wildman–Crippen LogP) is 3.54. The Kier molecular flexibility index (Phi) is 6.30. The zero-order valence-electron chi connectivity index (χ0n) is 10.6. The standard InChI is InChI=1S/C12H14BrNO4S/c1-8(6-11(15)18-2)19-7-9-4-3-5-10(12(9)13)14(16)17/h3-5,8H,6-7H2,1-2H3. The molecule has 1 unspecified atom stereocenters. The van der Waals surface area contributed by atoms with Crippen molar-refractivity contribution in [2.45, 2.75) is 24.3 Å². The summed E-state index contributed by atoms with van der Waals surface area (Å²) in [6.45, 7) is 1.92. The summed E-state index contributed by atoms with van der Waals surface area (Å²) in [6, 6.07) is 4.94. The Labute approximate surface area is 124 Å². The molecule has 0 heterocycles. The summed E-state index contributed by atoms with van der Waals surface area (Å²) in [5.74, 6) is 0.346. The first-order valence-electron chi connectivity index (χ1n) is 5.56. The molecule has 0 aromatic heterocycles. The van der Waals surface area contributed by atoms with E-state index >= 15 is 0 Å². The zero-order chi connectivity index (χ0) is 14.4. The monoisotopic (exact) mass is 347 g/mol. The number of nitro groups is 1. The van der Waals surface area contributed by atoms with Crippen molar-refractivity contribution in [3.63, 3.8) is 0 Å². The number of benzene rings is 1. The van der Waals surface area contributed by atoms with Gasteiger partial charge in [0.2, 0.25) is 0 Å². The van der Waals surface area contributed by atoms with Gasteiger partial charge in [0.15, 0.2) is 0 Å². The number of hydrogen-bond acceptors (Lipinski definition) is 5. The molecule has 1 aromatic carbocycles. The number of thioether (sulfide) groups is 1. The molecule has 5 nitrogen and oxygen atoms in total. The van der Waals surface area contributed by atoms with E-state index in [0.29, 0.717) is 16.6 Å². The van der Waals surface area contributed by atoms with E-state index in [1.54, 1.807) is 17.8 Å². The van der Waals surface area contributed by atoms with Crippen molar-refractivity contribution in [1.82, 2.24) is 0 Å². The number of carbonyl (C=O) groups is 1. The van der Waals surface area contributed by atoms with Crippen LogP contribution in [0.25, 0.3) is 0 Å². The van der Waals surface area contributed by atoms with Crippen molar-refractivity contribution in [2.75, 3.05) is 7.11 Å². The third-order valence-corrected chi connectivity index (χ3v) is 4.59. The van der Waals surface area contributed by atoms with E-state index in [9.17, 15) is 14.9 Å². The van der Waals surface area contributed by atoms with Crippen LogP contribution in [0.1, 0.15) is 18.9 Å². The van der Waals surface area contributed by atoms with Crippen molar-refractivity contribution in [1.29, 1.82) is 0 Å². The molecule has 0 aliphatic heterocycles. The molecule has 1 atom stereocenters. The van der Waals surface area contributed by atoms with Crippen LogP contribution in [-0.2, 0) is 15.3 Å². The topological polar surface area (TPSA) is 69.4 Å². The third-order valence-electron chi connectivity index (χ3n) is 2.46. The summed E-state index contributed by atoms with van der Waals surface area (Å²) in [5.41, 5.74) is 0.898. The third kappa shape index (κ3) is 4.83. The van der Waals surface area contributed by atoms with Crippen molar-refractivity contribution in [3.05, 3.63) is 38.3 Å². The molecule has 0 saturated carbocycles. The molecule has 0 amide bonds. The van der Waals surface area contributed by atoms with E-state index in [1.165, 1.54) is 13.2 Å². The maximum atomic E-state index is 11.1. The molecule has 19 heavy (non-hydrogen) atoms. The Bertz CT molecular complexity index is 481. The minimum atomic E-state index is -0.421. The van der Waals surface area contributed by atoms with Gasteiger partial charge in [-0.25, -0.2) is 0 Å². The number of carbonyl (C=O) groups excluding carboxylic acids is 1. The molecule has 7 heteroatoms. The Hall–Kier alpha value is -1.08. The summed E-state index contributed by atoms with van der Waals surface area (Å²) >= 11 is 4.80. The lowest BCUT2D eigenvalue weighted by Gasteiger charge is -2.10. The number of methoxy groups -OCH3 is 1. The van der Waals surface area contributed by atoms with E-state index in [1.807, 2.05) is 13.0 Å². The largest absolute Gasteiger partial charge is 0.469 e. The highest BCUT2D eigenvalue weighted by atomic mass is 79.9. The SMILES string of the molecule is COC(=O)CC(C)SCc1cccc([N+](=O)[O-])c1Br. The first-order valence-corrected chi connectivity index (χ1v) is 7.40. The van der Waals surface area contributed by atoms with Gasteiger partial charge in [-0.1, -0.05) is 19.1 Å². The van der Waals surface area contributed by atoms with Gasteiger partial charge in [0.1, 0.15) is 0 Å². The predicted molar refractivity (Wildman–Crippen MR) is 78.2 cm³/mol. The molecule has 0 spiro atoms. The van der Waals surface area contributed by atoms with Crippen LogP contribution in [0.4, 0.5) is 5.69 Å². The van der Waals surface area contributed by atoms with Crippen LogP contribution in [-0.4, -0.2) is 23.3 Å². The molecule has 0 bridgehead atoms. The van der Waals surface area contributed by atoms with Gasteiger partial charge in [-0.3, -0.25) is 14.9 Å². The number of rotatable bonds is 6. The summed E-state index contributed by atoms with van der Waals surface area (Å²) in [5, 5.41) is 10.9. The first-order chi connectivity index (χ1) is 8.95. The summed E-state index contributed by atoms with van der Waals surface area (Å²) in [6.07, 6.45) is 0.327. The van der Waals surface area contributed by atoms with Gasteiger partial charge in [-0.2, -0.15) is 11.8 Å². The molecule has 0 aliphatic rings. The maximum absolute atomic E-state index is 11.1. The Morgan fingerprint density at radius 3 is 2.84 bits per heavy atom.